The third-order valence-corrected chi connectivity index (χ3v) is 6.59. The molecule has 0 aromatic heterocycles. The van der Waals surface area contributed by atoms with Gasteiger partial charge in [-0.1, -0.05) is 12.1 Å². The summed E-state index contributed by atoms with van der Waals surface area (Å²) in [5.41, 5.74) is 6.35. The first-order chi connectivity index (χ1) is 17.5. The summed E-state index contributed by atoms with van der Waals surface area (Å²) < 4.78 is 32.0. The quantitative estimate of drug-likeness (QED) is 0.397. The number of rotatable bonds is 6. The van der Waals surface area contributed by atoms with Gasteiger partial charge < -0.3 is 10.1 Å². The van der Waals surface area contributed by atoms with Gasteiger partial charge in [0.1, 0.15) is 6.07 Å². The second-order valence-electron chi connectivity index (χ2n) is 9.25. The lowest BCUT2D eigenvalue weighted by Gasteiger charge is -2.43. The molecule has 0 saturated heterocycles. The molecule has 2 aliphatic rings. The fourth-order valence-electron chi connectivity index (χ4n) is 4.86. The van der Waals surface area contributed by atoms with Crippen LogP contribution in [-0.2, 0) is 26.2 Å². The van der Waals surface area contributed by atoms with Crippen molar-refractivity contribution in [3.63, 3.8) is 0 Å². The second-order valence-corrected chi connectivity index (χ2v) is 9.25. The highest BCUT2D eigenvalue weighted by molar-refractivity contribution is 6.46. The predicted molar refractivity (Wildman–Crippen MR) is 131 cm³/mol. The summed E-state index contributed by atoms with van der Waals surface area (Å²) >= 11 is 0. The van der Waals surface area contributed by atoms with E-state index in [1.807, 2.05) is 31.3 Å². The molecule has 1 saturated carbocycles. The van der Waals surface area contributed by atoms with Crippen LogP contribution in [0.1, 0.15) is 47.6 Å². The van der Waals surface area contributed by atoms with Gasteiger partial charge in [0.2, 0.25) is 11.6 Å². The summed E-state index contributed by atoms with van der Waals surface area (Å²) in [6, 6.07) is 10.7. The number of benzene rings is 2. The van der Waals surface area contributed by atoms with E-state index in [4.69, 9.17) is 0 Å². The van der Waals surface area contributed by atoms with Gasteiger partial charge in [0, 0.05) is 18.5 Å². The molecule has 1 spiro atoms. The van der Waals surface area contributed by atoms with Crippen molar-refractivity contribution < 1.29 is 27.9 Å². The number of halogens is 2. The van der Waals surface area contributed by atoms with Gasteiger partial charge >= 0.3 is 6.09 Å². The number of alkyl halides is 2. The summed E-state index contributed by atoms with van der Waals surface area (Å²) in [6.45, 7) is 5.43. The standard InChI is InChI=1S/C26H25F2N5O4/c1-4-37-24(36)31-22(34)21(11-29)33-32-17-7-14(2)18(15(3)8-17)9-16-5-6-20-19(10-16)25(23(35)30-20)12-26(27,28)13-25/h5-8,10,32H,4,9,12-13H2,1-3H3,(H,30,35)(H,31,34,36). The molecule has 1 aliphatic heterocycles. The summed E-state index contributed by atoms with van der Waals surface area (Å²) in [5, 5.41) is 17.6. The maximum atomic E-state index is 13.7. The molecule has 1 aliphatic carbocycles. The first-order valence-corrected chi connectivity index (χ1v) is 11.6. The van der Waals surface area contributed by atoms with E-state index in [1.54, 1.807) is 31.2 Å². The van der Waals surface area contributed by atoms with Crippen molar-refractivity contribution in [3.05, 3.63) is 58.1 Å². The van der Waals surface area contributed by atoms with E-state index in [0.717, 1.165) is 22.3 Å². The lowest BCUT2D eigenvalue weighted by Crippen LogP contribution is -2.53. The summed E-state index contributed by atoms with van der Waals surface area (Å²) in [5.74, 6) is -4.20. The molecule has 1 fully saturated rings. The van der Waals surface area contributed by atoms with Crippen molar-refractivity contribution in [2.45, 2.75) is 51.4 Å². The molecule has 192 valence electrons. The van der Waals surface area contributed by atoms with Gasteiger partial charge in [-0.25, -0.2) is 13.6 Å². The molecule has 9 nitrogen and oxygen atoms in total. The van der Waals surface area contributed by atoms with Crippen molar-refractivity contribution >= 4 is 35.0 Å². The first-order valence-electron chi connectivity index (χ1n) is 11.6. The van der Waals surface area contributed by atoms with E-state index in [1.165, 1.54) is 0 Å². The molecule has 3 N–H and O–H groups in total. The predicted octanol–water partition coefficient (Wildman–Crippen LogP) is 4.08. The number of alkyl carbamates (subject to hydrolysis) is 1. The highest BCUT2D eigenvalue weighted by Gasteiger charge is 2.64. The normalized spacial score (nSPS) is 16.8. The van der Waals surface area contributed by atoms with Crippen LogP contribution in [0.2, 0.25) is 0 Å². The minimum absolute atomic E-state index is 0.0680. The van der Waals surface area contributed by atoms with Crippen molar-refractivity contribution in [2.75, 3.05) is 17.3 Å². The van der Waals surface area contributed by atoms with Crippen LogP contribution in [-0.4, -0.2) is 36.1 Å². The van der Waals surface area contributed by atoms with Crippen LogP contribution in [0.15, 0.2) is 35.4 Å². The third kappa shape index (κ3) is 5.00. The number of nitrogens with one attached hydrogen (secondary N) is 3. The van der Waals surface area contributed by atoms with Crippen LogP contribution in [0.4, 0.5) is 25.0 Å². The number of ether oxygens (including phenoxy) is 1. The lowest BCUT2D eigenvalue weighted by molar-refractivity contribution is -0.152. The highest BCUT2D eigenvalue weighted by atomic mass is 19.3. The molecule has 0 atom stereocenters. The van der Waals surface area contributed by atoms with Crippen LogP contribution >= 0.6 is 0 Å². The Labute approximate surface area is 211 Å². The number of anilines is 2. The number of aryl methyl sites for hydroxylation is 2. The Kier molecular flexibility index (Phi) is 6.69. The average molecular weight is 510 g/mol. The fourth-order valence-corrected chi connectivity index (χ4v) is 4.86. The number of fused-ring (bicyclic) bond motifs is 2. The Hall–Kier alpha value is -4.33. The van der Waals surface area contributed by atoms with Gasteiger partial charge in [-0.2, -0.15) is 10.4 Å². The Morgan fingerprint density at radius 3 is 2.46 bits per heavy atom. The van der Waals surface area contributed by atoms with Gasteiger partial charge in [-0.3, -0.25) is 20.3 Å². The maximum absolute atomic E-state index is 13.7. The molecule has 1 heterocycles. The Balaban J connectivity index is 1.51. The first kappa shape index (κ1) is 25.8. The van der Waals surface area contributed by atoms with Crippen LogP contribution in [0.3, 0.4) is 0 Å². The van der Waals surface area contributed by atoms with Crippen molar-refractivity contribution in [1.29, 1.82) is 5.26 Å². The third-order valence-electron chi connectivity index (χ3n) is 6.59. The van der Waals surface area contributed by atoms with E-state index in [-0.39, 0.29) is 12.5 Å². The number of hydrogen-bond acceptors (Lipinski definition) is 7. The van der Waals surface area contributed by atoms with Gasteiger partial charge in [0.25, 0.3) is 11.8 Å². The zero-order chi connectivity index (χ0) is 27.0. The highest BCUT2D eigenvalue weighted by Crippen LogP contribution is 2.58. The van der Waals surface area contributed by atoms with Crippen molar-refractivity contribution in [2.24, 2.45) is 5.10 Å². The van der Waals surface area contributed by atoms with E-state index < -0.39 is 41.9 Å². The Morgan fingerprint density at radius 2 is 1.86 bits per heavy atom. The van der Waals surface area contributed by atoms with Gasteiger partial charge in [0.15, 0.2) is 0 Å². The number of hydrazone groups is 1. The maximum Gasteiger partial charge on any atom is 0.414 e. The van der Waals surface area contributed by atoms with E-state index in [2.05, 4.69) is 20.6 Å². The van der Waals surface area contributed by atoms with Gasteiger partial charge in [0.05, 0.1) is 17.7 Å². The zero-order valence-corrected chi connectivity index (χ0v) is 20.5. The summed E-state index contributed by atoms with van der Waals surface area (Å²) in [7, 11) is 0. The number of imide groups is 1. The lowest BCUT2D eigenvalue weighted by atomic mass is 9.62. The van der Waals surface area contributed by atoms with Crippen molar-refractivity contribution in [1.82, 2.24) is 5.32 Å². The smallest absolute Gasteiger partial charge is 0.414 e. The number of carbonyl (C=O) groups is 3. The van der Waals surface area contributed by atoms with Crippen LogP contribution in [0, 0.1) is 25.2 Å². The number of nitriles is 1. The molecule has 0 bridgehead atoms. The van der Waals surface area contributed by atoms with Crippen LogP contribution < -0.4 is 16.1 Å². The molecular formula is C26H25F2N5O4. The van der Waals surface area contributed by atoms with Crippen LogP contribution in [0.5, 0.6) is 0 Å². The molecular weight excluding hydrogens is 484 g/mol. The fraction of sp³-hybridized carbons (Fsp3) is 0.346. The van der Waals surface area contributed by atoms with E-state index >= 15 is 0 Å². The van der Waals surface area contributed by atoms with Gasteiger partial charge in [-0.05, 0) is 73.2 Å². The summed E-state index contributed by atoms with van der Waals surface area (Å²) in [6.07, 6.45) is -1.43. The van der Waals surface area contributed by atoms with Crippen LogP contribution in [0.25, 0.3) is 0 Å². The Morgan fingerprint density at radius 1 is 1.19 bits per heavy atom. The SMILES string of the molecule is CCOC(=O)NC(=O)C(C#N)=NNc1cc(C)c(Cc2ccc3c(c2)C2(CC(F)(F)C2)C(=O)N3)c(C)c1. The molecule has 11 heteroatoms. The van der Waals surface area contributed by atoms with Crippen molar-refractivity contribution in [3.8, 4) is 6.07 Å². The molecule has 2 aromatic carbocycles. The topological polar surface area (TPSA) is 133 Å². The summed E-state index contributed by atoms with van der Waals surface area (Å²) in [4.78, 5) is 35.9. The molecule has 0 radical (unpaired) electrons. The van der Waals surface area contributed by atoms with E-state index in [9.17, 15) is 28.4 Å². The minimum atomic E-state index is -2.83. The molecule has 0 unspecified atom stereocenters. The molecule has 2 aromatic rings. The monoisotopic (exact) mass is 509 g/mol. The second kappa shape index (κ2) is 9.61. The van der Waals surface area contributed by atoms with Gasteiger partial charge in [-0.15, -0.1) is 0 Å². The number of amides is 3. The Bertz CT molecular complexity index is 1350. The number of hydrogen-bond donors (Lipinski definition) is 3. The number of carbonyl (C=O) groups excluding carboxylic acids is 3. The number of nitrogens with zero attached hydrogens (tertiary/aromatic N) is 2. The molecule has 3 amide bonds. The minimum Gasteiger partial charge on any atom is -0.450 e. The largest absolute Gasteiger partial charge is 0.450 e. The average Bonchev–Trinajstić information content (AvgIpc) is 3.07. The zero-order valence-electron chi connectivity index (χ0n) is 20.5. The molecule has 37 heavy (non-hydrogen) atoms. The van der Waals surface area contributed by atoms with E-state index in [0.29, 0.717) is 23.4 Å². The molecule has 4 rings (SSSR count).